The Hall–Kier alpha value is -0.910. The topological polar surface area (TPSA) is 69.6 Å². The van der Waals surface area contributed by atoms with Crippen LogP contribution in [0.5, 0.6) is 0 Å². The molecule has 2 fully saturated rings. The second-order valence-electron chi connectivity index (χ2n) is 5.84. The summed E-state index contributed by atoms with van der Waals surface area (Å²) in [6.07, 6.45) is 4.66. The normalized spacial score (nSPS) is 30.9. The Morgan fingerprint density at radius 3 is 2.80 bits per heavy atom. The average Bonchev–Trinajstić information content (AvgIpc) is 2.41. The summed E-state index contributed by atoms with van der Waals surface area (Å²) in [6.45, 7) is 2.83. The number of carboxylic acid groups (broad SMARTS) is 1. The van der Waals surface area contributed by atoms with Crippen molar-refractivity contribution in [2.75, 3.05) is 18.1 Å². The number of hydrogen-bond acceptors (Lipinski definition) is 3. The fourth-order valence-corrected chi connectivity index (χ4v) is 4.13. The van der Waals surface area contributed by atoms with Gasteiger partial charge in [0.05, 0.1) is 12.5 Å². The van der Waals surface area contributed by atoms with Crippen molar-refractivity contribution in [1.29, 1.82) is 0 Å². The SMILES string of the molecule is CC1CCCCC1NC(=O)N1CCSCC1CC(=O)O. The Labute approximate surface area is 124 Å². The highest BCUT2D eigenvalue weighted by atomic mass is 32.2. The van der Waals surface area contributed by atoms with E-state index in [1.54, 1.807) is 16.7 Å². The van der Waals surface area contributed by atoms with Crippen molar-refractivity contribution in [3.8, 4) is 0 Å². The number of thioether (sulfide) groups is 1. The van der Waals surface area contributed by atoms with Gasteiger partial charge in [-0.05, 0) is 18.8 Å². The monoisotopic (exact) mass is 300 g/mol. The number of rotatable bonds is 3. The number of carbonyl (C=O) groups excluding carboxylic acids is 1. The van der Waals surface area contributed by atoms with E-state index in [0.29, 0.717) is 12.5 Å². The molecule has 1 saturated heterocycles. The summed E-state index contributed by atoms with van der Waals surface area (Å²) < 4.78 is 0. The Kier molecular flexibility index (Phi) is 5.57. The lowest BCUT2D eigenvalue weighted by molar-refractivity contribution is -0.138. The van der Waals surface area contributed by atoms with Crippen molar-refractivity contribution in [2.24, 2.45) is 5.92 Å². The molecule has 5 nitrogen and oxygen atoms in total. The first-order valence-corrected chi connectivity index (χ1v) is 8.60. The van der Waals surface area contributed by atoms with Gasteiger partial charge in [0.25, 0.3) is 0 Å². The minimum absolute atomic E-state index is 0.0423. The van der Waals surface area contributed by atoms with E-state index in [4.69, 9.17) is 5.11 Å². The zero-order chi connectivity index (χ0) is 14.5. The molecular weight excluding hydrogens is 276 g/mol. The Bertz CT molecular complexity index is 364. The van der Waals surface area contributed by atoms with Crippen LogP contribution in [0.2, 0.25) is 0 Å². The summed E-state index contributed by atoms with van der Waals surface area (Å²) in [5.41, 5.74) is 0. The smallest absolute Gasteiger partial charge is 0.317 e. The van der Waals surface area contributed by atoms with Crippen molar-refractivity contribution in [3.05, 3.63) is 0 Å². The number of hydrogen-bond donors (Lipinski definition) is 2. The first-order valence-electron chi connectivity index (χ1n) is 7.44. The fraction of sp³-hybridized carbons (Fsp3) is 0.857. The summed E-state index contributed by atoms with van der Waals surface area (Å²) in [7, 11) is 0. The van der Waals surface area contributed by atoms with Crippen LogP contribution in [0.25, 0.3) is 0 Å². The van der Waals surface area contributed by atoms with Gasteiger partial charge in [-0.25, -0.2) is 4.79 Å². The highest BCUT2D eigenvalue weighted by molar-refractivity contribution is 7.99. The molecule has 0 bridgehead atoms. The Balaban J connectivity index is 1.93. The van der Waals surface area contributed by atoms with Crippen LogP contribution in [0, 0.1) is 5.92 Å². The standard InChI is InChI=1S/C14H24N2O3S/c1-10-4-2-3-5-12(10)15-14(19)16-6-7-20-9-11(16)8-13(17)18/h10-12H,2-9H2,1H3,(H,15,19)(H,17,18). The second-order valence-corrected chi connectivity index (χ2v) is 6.99. The van der Waals surface area contributed by atoms with E-state index < -0.39 is 5.97 Å². The lowest BCUT2D eigenvalue weighted by Gasteiger charge is -2.37. The molecule has 2 aliphatic rings. The number of aliphatic carboxylic acids is 1. The summed E-state index contributed by atoms with van der Waals surface area (Å²) in [4.78, 5) is 25.1. The summed E-state index contributed by atoms with van der Waals surface area (Å²) in [5.74, 6) is 1.30. The van der Waals surface area contributed by atoms with Crippen LogP contribution >= 0.6 is 11.8 Å². The van der Waals surface area contributed by atoms with Crippen molar-refractivity contribution in [1.82, 2.24) is 10.2 Å². The molecule has 1 aliphatic carbocycles. The molecule has 6 heteroatoms. The van der Waals surface area contributed by atoms with Crippen molar-refractivity contribution >= 4 is 23.8 Å². The van der Waals surface area contributed by atoms with Crippen LogP contribution in [-0.4, -0.2) is 52.1 Å². The first-order chi connectivity index (χ1) is 9.58. The van der Waals surface area contributed by atoms with Gasteiger partial charge in [0, 0.05) is 24.1 Å². The number of carbonyl (C=O) groups is 2. The lowest BCUT2D eigenvalue weighted by atomic mass is 9.86. The third-order valence-corrected chi connectivity index (χ3v) is 5.41. The van der Waals surface area contributed by atoms with Gasteiger partial charge >= 0.3 is 12.0 Å². The lowest BCUT2D eigenvalue weighted by Crippen LogP contribution is -2.54. The molecule has 1 saturated carbocycles. The second kappa shape index (κ2) is 7.20. The van der Waals surface area contributed by atoms with Crippen LogP contribution in [0.4, 0.5) is 4.79 Å². The molecule has 0 aromatic heterocycles. The molecule has 1 aliphatic heterocycles. The van der Waals surface area contributed by atoms with Gasteiger partial charge in [0.2, 0.25) is 0 Å². The highest BCUT2D eigenvalue weighted by Crippen LogP contribution is 2.25. The van der Waals surface area contributed by atoms with Crippen LogP contribution in [0.3, 0.4) is 0 Å². The number of carboxylic acids is 1. The van der Waals surface area contributed by atoms with Crippen LogP contribution in [0.1, 0.15) is 39.0 Å². The number of amides is 2. The van der Waals surface area contributed by atoms with Gasteiger partial charge in [0.1, 0.15) is 0 Å². The predicted octanol–water partition coefficient (Wildman–Crippen LogP) is 2.17. The van der Waals surface area contributed by atoms with Crippen molar-refractivity contribution in [2.45, 2.75) is 51.1 Å². The maximum absolute atomic E-state index is 12.4. The first kappa shape index (κ1) is 15.5. The van der Waals surface area contributed by atoms with Crippen LogP contribution in [0.15, 0.2) is 0 Å². The molecular formula is C14H24N2O3S. The van der Waals surface area contributed by atoms with Gasteiger partial charge in [0.15, 0.2) is 0 Å². The molecule has 2 N–H and O–H groups in total. The van der Waals surface area contributed by atoms with Crippen molar-refractivity contribution < 1.29 is 14.7 Å². The van der Waals surface area contributed by atoms with E-state index in [2.05, 4.69) is 12.2 Å². The molecule has 0 aromatic rings. The Morgan fingerprint density at radius 1 is 1.35 bits per heavy atom. The molecule has 3 atom stereocenters. The third kappa shape index (κ3) is 4.04. The van der Waals surface area contributed by atoms with E-state index in [-0.39, 0.29) is 24.5 Å². The quantitative estimate of drug-likeness (QED) is 0.838. The van der Waals surface area contributed by atoms with Gasteiger partial charge in [-0.1, -0.05) is 19.8 Å². The molecule has 0 aromatic carbocycles. The number of nitrogens with one attached hydrogen (secondary N) is 1. The molecule has 114 valence electrons. The summed E-state index contributed by atoms with van der Waals surface area (Å²) in [6, 6.07) is -0.00301. The molecule has 1 heterocycles. The van der Waals surface area contributed by atoms with Crippen molar-refractivity contribution in [3.63, 3.8) is 0 Å². The van der Waals surface area contributed by atoms with E-state index in [1.807, 2.05) is 0 Å². The third-order valence-electron chi connectivity index (χ3n) is 4.32. The van der Waals surface area contributed by atoms with E-state index in [0.717, 1.165) is 17.9 Å². The zero-order valence-corrected chi connectivity index (χ0v) is 12.8. The maximum atomic E-state index is 12.4. The predicted molar refractivity (Wildman–Crippen MR) is 80.0 cm³/mol. The van der Waals surface area contributed by atoms with E-state index in [1.165, 1.54) is 19.3 Å². The molecule has 2 amide bonds. The molecule has 3 unspecified atom stereocenters. The van der Waals surface area contributed by atoms with Crippen LogP contribution < -0.4 is 5.32 Å². The summed E-state index contributed by atoms with van der Waals surface area (Å²) in [5, 5.41) is 12.1. The number of urea groups is 1. The largest absolute Gasteiger partial charge is 0.481 e. The fourth-order valence-electron chi connectivity index (χ4n) is 3.07. The maximum Gasteiger partial charge on any atom is 0.317 e. The van der Waals surface area contributed by atoms with Gasteiger partial charge in [-0.2, -0.15) is 11.8 Å². The van der Waals surface area contributed by atoms with E-state index in [9.17, 15) is 9.59 Å². The number of nitrogens with zero attached hydrogens (tertiary/aromatic N) is 1. The zero-order valence-electron chi connectivity index (χ0n) is 12.0. The molecule has 20 heavy (non-hydrogen) atoms. The molecule has 2 rings (SSSR count). The molecule has 0 spiro atoms. The average molecular weight is 300 g/mol. The Morgan fingerprint density at radius 2 is 2.10 bits per heavy atom. The van der Waals surface area contributed by atoms with Gasteiger partial charge < -0.3 is 15.3 Å². The minimum Gasteiger partial charge on any atom is -0.481 e. The van der Waals surface area contributed by atoms with Gasteiger partial charge in [-0.15, -0.1) is 0 Å². The van der Waals surface area contributed by atoms with E-state index >= 15 is 0 Å². The minimum atomic E-state index is -0.832. The highest BCUT2D eigenvalue weighted by Gasteiger charge is 2.31. The summed E-state index contributed by atoms with van der Waals surface area (Å²) >= 11 is 1.73. The van der Waals surface area contributed by atoms with Crippen LogP contribution in [-0.2, 0) is 4.79 Å². The molecule has 0 radical (unpaired) electrons. The van der Waals surface area contributed by atoms with Gasteiger partial charge in [-0.3, -0.25) is 4.79 Å².